The molecule has 4 nitrogen and oxygen atoms in total. The second-order valence-electron chi connectivity index (χ2n) is 5.78. The summed E-state index contributed by atoms with van der Waals surface area (Å²) in [4.78, 5) is 11.4. The van der Waals surface area contributed by atoms with Crippen molar-refractivity contribution in [1.82, 2.24) is 9.97 Å². The Morgan fingerprint density at radius 1 is 1.20 bits per heavy atom. The molecule has 20 heavy (non-hydrogen) atoms. The maximum atomic E-state index is 5.86. The zero-order valence-electron chi connectivity index (χ0n) is 12.7. The summed E-state index contributed by atoms with van der Waals surface area (Å²) in [6, 6.07) is 0.416. The molecule has 1 aromatic heterocycles. The second kappa shape index (κ2) is 8.20. The van der Waals surface area contributed by atoms with Crippen LogP contribution in [0.15, 0.2) is 12.4 Å². The lowest BCUT2D eigenvalue weighted by Gasteiger charge is -2.34. The van der Waals surface area contributed by atoms with Gasteiger partial charge in [-0.25, -0.2) is 9.97 Å². The normalized spacial score (nSPS) is 19.3. The molecule has 1 aliphatic rings. The van der Waals surface area contributed by atoms with E-state index in [0.29, 0.717) is 12.6 Å². The van der Waals surface area contributed by atoms with Gasteiger partial charge in [0.15, 0.2) is 0 Å². The smallest absolute Gasteiger partial charge is 0.225 e. The standard InChI is InChI=1S/C16H28N4/c1-2-3-4-5-8-14-12-18-16(19-13-14)20-10-7-6-9-15(20)11-17/h12-13,15H,2-11,17H2,1H3. The fraction of sp³-hybridized carbons (Fsp3) is 0.750. The van der Waals surface area contributed by atoms with Crippen LogP contribution in [0.1, 0.15) is 57.4 Å². The first kappa shape index (κ1) is 15.2. The van der Waals surface area contributed by atoms with Crippen molar-refractivity contribution in [2.45, 2.75) is 64.3 Å². The molecule has 1 atom stereocenters. The molecule has 0 aromatic carbocycles. The lowest BCUT2D eigenvalue weighted by atomic mass is 10.0. The van der Waals surface area contributed by atoms with Crippen molar-refractivity contribution in [3.05, 3.63) is 18.0 Å². The van der Waals surface area contributed by atoms with Gasteiger partial charge in [-0.2, -0.15) is 0 Å². The van der Waals surface area contributed by atoms with Gasteiger partial charge in [0.05, 0.1) is 0 Å². The molecule has 0 radical (unpaired) electrons. The quantitative estimate of drug-likeness (QED) is 0.778. The van der Waals surface area contributed by atoms with E-state index in [4.69, 9.17) is 5.73 Å². The average Bonchev–Trinajstić information content (AvgIpc) is 2.52. The third kappa shape index (κ3) is 4.17. The Morgan fingerprint density at radius 2 is 2.00 bits per heavy atom. The Balaban J connectivity index is 1.89. The number of piperidine rings is 1. The highest BCUT2D eigenvalue weighted by atomic mass is 15.3. The van der Waals surface area contributed by atoms with Gasteiger partial charge in [-0.3, -0.25) is 0 Å². The van der Waals surface area contributed by atoms with Gasteiger partial charge in [-0.05, 0) is 37.7 Å². The highest BCUT2D eigenvalue weighted by Crippen LogP contribution is 2.21. The first-order valence-electron chi connectivity index (χ1n) is 8.12. The molecule has 2 rings (SSSR count). The predicted octanol–water partition coefficient (Wildman–Crippen LogP) is 2.92. The molecule has 0 aliphatic carbocycles. The highest BCUT2D eigenvalue weighted by Gasteiger charge is 2.22. The maximum Gasteiger partial charge on any atom is 0.225 e. The third-order valence-corrected chi connectivity index (χ3v) is 4.17. The van der Waals surface area contributed by atoms with Crippen molar-refractivity contribution in [2.24, 2.45) is 5.73 Å². The van der Waals surface area contributed by atoms with Gasteiger partial charge in [0.2, 0.25) is 5.95 Å². The Morgan fingerprint density at radius 3 is 2.70 bits per heavy atom. The van der Waals surface area contributed by atoms with E-state index in [1.54, 1.807) is 0 Å². The van der Waals surface area contributed by atoms with Gasteiger partial charge in [-0.15, -0.1) is 0 Å². The number of nitrogens with two attached hydrogens (primary N) is 1. The third-order valence-electron chi connectivity index (χ3n) is 4.17. The monoisotopic (exact) mass is 276 g/mol. The molecule has 0 spiro atoms. The average molecular weight is 276 g/mol. The van der Waals surface area contributed by atoms with Crippen molar-refractivity contribution in [3.8, 4) is 0 Å². The summed E-state index contributed by atoms with van der Waals surface area (Å²) in [5.74, 6) is 0.859. The second-order valence-corrected chi connectivity index (χ2v) is 5.78. The number of hydrogen-bond donors (Lipinski definition) is 1. The summed E-state index contributed by atoms with van der Waals surface area (Å²) in [6.45, 7) is 3.98. The van der Waals surface area contributed by atoms with Crippen LogP contribution in [0.25, 0.3) is 0 Å². The summed E-state index contributed by atoms with van der Waals surface area (Å²) < 4.78 is 0. The van der Waals surface area contributed by atoms with Gasteiger partial charge < -0.3 is 10.6 Å². The first-order valence-corrected chi connectivity index (χ1v) is 8.12. The molecule has 1 aliphatic heterocycles. The van der Waals surface area contributed by atoms with Crippen LogP contribution in [0.3, 0.4) is 0 Å². The number of rotatable bonds is 7. The maximum absolute atomic E-state index is 5.86. The minimum absolute atomic E-state index is 0.416. The molecule has 1 fully saturated rings. The van der Waals surface area contributed by atoms with Crippen molar-refractivity contribution < 1.29 is 0 Å². The number of aryl methyl sites for hydroxylation is 1. The molecular weight excluding hydrogens is 248 g/mol. The van der Waals surface area contributed by atoms with E-state index in [9.17, 15) is 0 Å². The molecule has 4 heteroatoms. The number of hydrogen-bond acceptors (Lipinski definition) is 4. The lowest BCUT2D eigenvalue weighted by molar-refractivity contribution is 0.458. The summed E-state index contributed by atoms with van der Waals surface area (Å²) in [6.07, 6.45) is 13.9. The van der Waals surface area contributed by atoms with Crippen molar-refractivity contribution >= 4 is 5.95 Å². The number of aromatic nitrogens is 2. The predicted molar refractivity (Wildman–Crippen MR) is 83.9 cm³/mol. The number of anilines is 1. The topological polar surface area (TPSA) is 55.0 Å². The molecule has 112 valence electrons. The van der Waals surface area contributed by atoms with E-state index in [1.165, 1.54) is 50.5 Å². The molecule has 1 saturated heterocycles. The van der Waals surface area contributed by atoms with Gasteiger partial charge >= 0.3 is 0 Å². The number of nitrogens with zero attached hydrogens (tertiary/aromatic N) is 3. The fourth-order valence-electron chi connectivity index (χ4n) is 2.89. The summed E-state index contributed by atoms with van der Waals surface area (Å²) in [5, 5.41) is 0. The van der Waals surface area contributed by atoms with Gasteiger partial charge in [0, 0.05) is 31.5 Å². The summed E-state index contributed by atoms with van der Waals surface area (Å²) >= 11 is 0. The van der Waals surface area contributed by atoms with Crippen LogP contribution in [0.5, 0.6) is 0 Å². The molecule has 1 aromatic rings. The Hall–Kier alpha value is -1.16. The van der Waals surface area contributed by atoms with Crippen molar-refractivity contribution in [2.75, 3.05) is 18.0 Å². The molecule has 2 heterocycles. The lowest BCUT2D eigenvalue weighted by Crippen LogP contribution is -2.45. The van der Waals surface area contributed by atoms with E-state index in [1.807, 2.05) is 12.4 Å². The largest absolute Gasteiger partial charge is 0.337 e. The zero-order valence-corrected chi connectivity index (χ0v) is 12.7. The van der Waals surface area contributed by atoms with Gasteiger partial charge in [0.25, 0.3) is 0 Å². The summed E-state index contributed by atoms with van der Waals surface area (Å²) in [7, 11) is 0. The number of unbranched alkanes of at least 4 members (excludes halogenated alkanes) is 3. The molecule has 1 unspecified atom stereocenters. The van der Waals surface area contributed by atoms with Gasteiger partial charge in [0.1, 0.15) is 0 Å². The van der Waals surface area contributed by atoms with E-state index in [0.717, 1.165) is 18.9 Å². The minimum atomic E-state index is 0.416. The van der Waals surface area contributed by atoms with Crippen LogP contribution in [-0.2, 0) is 6.42 Å². The Kier molecular flexibility index (Phi) is 6.25. The minimum Gasteiger partial charge on any atom is -0.337 e. The molecule has 0 amide bonds. The van der Waals surface area contributed by atoms with Crippen LogP contribution in [-0.4, -0.2) is 29.1 Å². The van der Waals surface area contributed by atoms with Crippen LogP contribution in [0, 0.1) is 0 Å². The SMILES string of the molecule is CCCCCCc1cnc(N2CCCCC2CN)nc1. The first-order chi connectivity index (χ1) is 9.85. The van der Waals surface area contributed by atoms with Crippen LogP contribution >= 0.6 is 0 Å². The van der Waals surface area contributed by atoms with Crippen LogP contribution < -0.4 is 10.6 Å². The van der Waals surface area contributed by atoms with Crippen LogP contribution in [0.2, 0.25) is 0 Å². The van der Waals surface area contributed by atoms with Crippen molar-refractivity contribution in [1.29, 1.82) is 0 Å². The van der Waals surface area contributed by atoms with Crippen molar-refractivity contribution in [3.63, 3.8) is 0 Å². The molecule has 0 bridgehead atoms. The fourth-order valence-corrected chi connectivity index (χ4v) is 2.89. The molecule has 0 saturated carbocycles. The zero-order chi connectivity index (χ0) is 14.2. The van der Waals surface area contributed by atoms with Crippen LogP contribution in [0.4, 0.5) is 5.95 Å². The molecular formula is C16H28N4. The summed E-state index contributed by atoms with van der Waals surface area (Å²) in [5.41, 5.74) is 7.11. The van der Waals surface area contributed by atoms with E-state index in [-0.39, 0.29) is 0 Å². The molecule has 2 N–H and O–H groups in total. The van der Waals surface area contributed by atoms with E-state index in [2.05, 4.69) is 21.8 Å². The Labute approximate surface area is 122 Å². The Bertz CT molecular complexity index is 377. The van der Waals surface area contributed by atoms with E-state index >= 15 is 0 Å². The highest BCUT2D eigenvalue weighted by molar-refractivity contribution is 5.32. The van der Waals surface area contributed by atoms with E-state index < -0.39 is 0 Å². The van der Waals surface area contributed by atoms with Gasteiger partial charge in [-0.1, -0.05) is 26.2 Å².